The van der Waals surface area contributed by atoms with E-state index in [1.807, 2.05) is 36.5 Å². The highest BCUT2D eigenvalue weighted by molar-refractivity contribution is 6.01. The number of H-pyrrole nitrogens is 1. The van der Waals surface area contributed by atoms with Crippen LogP contribution in [0.25, 0.3) is 17.0 Å². The van der Waals surface area contributed by atoms with Crippen LogP contribution in [0.4, 0.5) is 0 Å². The van der Waals surface area contributed by atoms with Gasteiger partial charge in [-0.15, -0.1) is 6.58 Å². The number of aromatic amines is 1. The molecule has 3 aromatic rings. The van der Waals surface area contributed by atoms with Crippen LogP contribution >= 0.6 is 0 Å². The number of nitrogens with one attached hydrogen (secondary N) is 2. The maximum absolute atomic E-state index is 12.5. The summed E-state index contributed by atoms with van der Waals surface area (Å²) >= 11 is 0. The van der Waals surface area contributed by atoms with Gasteiger partial charge in [0.15, 0.2) is 11.5 Å². The van der Waals surface area contributed by atoms with Crippen LogP contribution in [0.15, 0.2) is 60.8 Å². The SMILES string of the molecule is C=CCc1cc(/C=C(/C#N)C(=O)NCCc2c[nH]c3ccccc23)cc(OC)c1O. The molecular formula is C24H23N3O3. The first kappa shape index (κ1) is 20.7. The normalized spacial score (nSPS) is 11.1. The summed E-state index contributed by atoms with van der Waals surface area (Å²) in [6.45, 7) is 4.08. The van der Waals surface area contributed by atoms with Crippen molar-refractivity contribution < 1.29 is 14.6 Å². The Bertz CT molecular complexity index is 1150. The summed E-state index contributed by atoms with van der Waals surface area (Å²) in [5, 5.41) is 23.6. The predicted octanol–water partition coefficient (Wildman–Crippen LogP) is 3.88. The first-order valence-electron chi connectivity index (χ1n) is 9.53. The van der Waals surface area contributed by atoms with Gasteiger partial charge in [-0.05, 0) is 48.2 Å². The van der Waals surface area contributed by atoms with Gasteiger partial charge in [0.2, 0.25) is 0 Å². The molecule has 0 unspecified atom stereocenters. The highest BCUT2D eigenvalue weighted by Gasteiger charge is 2.13. The van der Waals surface area contributed by atoms with E-state index in [0.717, 1.165) is 16.5 Å². The monoisotopic (exact) mass is 401 g/mol. The van der Waals surface area contributed by atoms with Crippen LogP contribution in [0.5, 0.6) is 11.5 Å². The Balaban J connectivity index is 1.73. The molecule has 152 valence electrons. The number of hydrogen-bond acceptors (Lipinski definition) is 4. The van der Waals surface area contributed by atoms with Crippen molar-refractivity contribution in [3.8, 4) is 17.6 Å². The second-order valence-electron chi connectivity index (χ2n) is 6.76. The number of amides is 1. The number of carbonyl (C=O) groups is 1. The Kier molecular flexibility index (Phi) is 6.56. The van der Waals surface area contributed by atoms with Crippen molar-refractivity contribution in [3.05, 3.63) is 77.5 Å². The third-order valence-electron chi connectivity index (χ3n) is 4.79. The lowest BCUT2D eigenvalue weighted by Gasteiger charge is -2.10. The van der Waals surface area contributed by atoms with Gasteiger partial charge in [-0.25, -0.2) is 0 Å². The van der Waals surface area contributed by atoms with Crippen LogP contribution in [-0.2, 0) is 17.6 Å². The van der Waals surface area contributed by atoms with Gasteiger partial charge >= 0.3 is 0 Å². The minimum atomic E-state index is -0.449. The fourth-order valence-corrected chi connectivity index (χ4v) is 3.30. The van der Waals surface area contributed by atoms with E-state index in [4.69, 9.17) is 4.74 Å². The zero-order valence-electron chi connectivity index (χ0n) is 16.7. The number of rotatable bonds is 8. The molecule has 0 aliphatic carbocycles. The number of carbonyl (C=O) groups excluding carboxylic acids is 1. The lowest BCUT2D eigenvalue weighted by molar-refractivity contribution is -0.117. The van der Waals surface area contributed by atoms with Crippen molar-refractivity contribution in [1.29, 1.82) is 5.26 Å². The maximum Gasteiger partial charge on any atom is 0.261 e. The van der Waals surface area contributed by atoms with Gasteiger partial charge in [0.25, 0.3) is 5.91 Å². The minimum Gasteiger partial charge on any atom is -0.504 e. The smallest absolute Gasteiger partial charge is 0.261 e. The number of benzene rings is 2. The largest absolute Gasteiger partial charge is 0.504 e. The van der Waals surface area contributed by atoms with Gasteiger partial charge in [-0.2, -0.15) is 5.26 Å². The van der Waals surface area contributed by atoms with Crippen molar-refractivity contribution in [3.63, 3.8) is 0 Å². The highest BCUT2D eigenvalue weighted by Crippen LogP contribution is 2.32. The summed E-state index contributed by atoms with van der Waals surface area (Å²) < 4.78 is 5.19. The lowest BCUT2D eigenvalue weighted by atomic mass is 10.0. The van der Waals surface area contributed by atoms with Gasteiger partial charge in [-0.3, -0.25) is 4.79 Å². The van der Waals surface area contributed by atoms with Crippen LogP contribution in [0.3, 0.4) is 0 Å². The number of phenols is 1. The number of methoxy groups -OCH3 is 1. The number of phenolic OH excluding ortho intramolecular Hbond substituents is 1. The number of aromatic nitrogens is 1. The predicted molar refractivity (Wildman–Crippen MR) is 117 cm³/mol. The zero-order valence-corrected chi connectivity index (χ0v) is 16.7. The van der Waals surface area contributed by atoms with E-state index >= 15 is 0 Å². The molecule has 0 fully saturated rings. The molecule has 6 heteroatoms. The molecule has 0 spiro atoms. The summed E-state index contributed by atoms with van der Waals surface area (Å²) in [7, 11) is 1.45. The number of nitriles is 1. The second kappa shape index (κ2) is 9.48. The molecule has 30 heavy (non-hydrogen) atoms. The molecule has 0 saturated carbocycles. The molecule has 0 radical (unpaired) electrons. The van der Waals surface area contributed by atoms with E-state index in [2.05, 4.69) is 16.9 Å². The first-order valence-corrected chi connectivity index (χ1v) is 9.53. The zero-order chi connectivity index (χ0) is 21.5. The fraction of sp³-hybridized carbons (Fsp3) is 0.167. The Hall–Kier alpha value is -3.98. The molecule has 0 aliphatic rings. The van der Waals surface area contributed by atoms with E-state index in [0.29, 0.717) is 30.5 Å². The molecule has 0 bridgehead atoms. The van der Waals surface area contributed by atoms with Crippen LogP contribution < -0.4 is 10.1 Å². The molecule has 3 N–H and O–H groups in total. The summed E-state index contributed by atoms with van der Waals surface area (Å²) in [6, 6.07) is 13.2. The van der Waals surface area contributed by atoms with Gasteiger partial charge in [0.05, 0.1) is 7.11 Å². The number of fused-ring (bicyclic) bond motifs is 1. The number of aromatic hydroxyl groups is 1. The number of allylic oxidation sites excluding steroid dienone is 1. The minimum absolute atomic E-state index is 0.0220. The van der Waals surface area contributed by atoms with Crippen LogP contribution in [0, 0.1) is 11.3 Å². The summed E-state index contributed by atoms with van der Waals surface area (Å²) in [6.07, 6.45) is 6.15. The summed E-state index contributed by atoms with van der Waals surface area (Å²) in [5.74, 6) is -0.150. The van der Waals surface area contributed by atoms with E-state index in [1.165, 1.54) is 13.2 Å². The van der Waals surface area contributed by atoms with E-state index in [-0.39, 0.29) is 17.1 Å². The molecule has 0 atom stereocenters. The van der Waals surface area contributed by atoms with Crippen LogP contribution in [0.2, 0.25) is 0 Å². The second-order valence-corrected chi connectivity index (χ2v) is 6.76. The summed E-state index contributed by atoms with van der Waals surface area (Å²) in [4.78, 5) is 15.7. The van der Waals surface area contributed by atoms with Gasteiger partial charge in [-0.1, -0.05) is 24.3 Å². The van der Waals surface area contributed by atoms with E-state index < -0.39 is 5.91 Å². The molecule has 2 aromatic carbocycles. The van der Waals surface area contributed by atoms with Crippen molar-refractivity contribution in [1.82, 2.24) is 10.3 Å². The first-order chi connectivity index (χ1) is 14.6. The molecule has 0 aliphatic heterocycles. The number of ether oxygens (including phenoxy) is 1. The molecule has 1 aromatic heterocycles. The Morgan fingerprint density at radius 2 is 2.13 bits per heavy atom. The molecule has 1 heterocycles. The Morgan fingerprint density at radius 3 is 2.87 bits per heavy atom. The van der Waals surface area contributed by atoms with Crippen molar-refractivity contribution >= 4 is 22.9 Å². The molecule has 0 saturated heterocycles. The average molecular weight is 401 g/mol. The molecular weight excluding hydrogens is 378 g/mol. The van der Waals surface area contributed by atoms with Gasteiger partial charge < -0.3 is 20.1 Å². The maximum atomic E-state index is 12.5. The summed E-state index contributed by atoms with van der Waals surface area (Å²) in [5.41, 5.74) is 3.32. The molecule has 6 nitrogen and oxygen atoms in total. The highest BCUT2D eigenvalue weighted by atomic mass is 16.5. The van der Waals surface area contributed by atoms with E-state index in [1.54, 1.807) is 18.2 Å². The number of para-hydroxylation sites is 1. The lowest BCUT2D eigenvalue weighted by Crippen LogP contribution is -2.26. The van der Waals surface area contributed by atoms with Gasteiger partial charge in [0, 0.05) is 29.2 Å². The molecule has 3 rings (SSSR count). The van der Waals surface area contributed by atoms with E-state index in [9.17, 15) is 15.2 Å². The number of hydrogen-bond donors (Lipinski definition) is 3. The fourth-order valence-electron chi connectivity index (χ4n) is 3.30. The Labute approximate surface area is 175 Å². The van der Waals surface area contributed by atoms with Crippen molar-refractivity contribution in [2.45, 2.75) is 12.8 Å². The topological polar surface area (TPSA) is 98.1 Å². The quantitative estimate of drug-likeness (QED) is 0.303. The van der Waals surface area contributed by atoms with Crippen LogP contribution in [-0.4, -0.2) is 29.7 Å². The third kappa shape index (κ3) is 4.53. The Morgan fingerprint density at radius 1 is 1.33 bits per heavy atom. The standard InChI is InChI=1S/C24H23N3O3/c1-3-6-17-11-16(13-22(30-2)23(17)28)12-19(14-25)24(29)26-10-9-18-15-27-21-8-5-4-7-20(18)21/h3-5,7-8,11-13,15,27-28H,1,6,9-10H2,2H3,(H,26,29)/b19-12-. The molecule has 1 amide bonds. The van der Waals surface area contributed by atoms with Crippen LogP contribution in [0.1, 0.15) is 16.7 Å². The van der Waals surface area contributed by atoms with Crippen molar-refractivity contribution in [2.24, 2.45) is 0 Å². The average Bonchev–Trinajstić information content (AvgIpc) is 3.17. The number of nitrogens with zero attached hydrogens (tertiary/aromatic N) is 1. The third-order valence-corrected chi connectivity index (χ3v) is 4.79. The van der Waals surface area contributed by atoms with Crippen molar-refractivity contribution in [2.75, 3.05) is 13.7 Å². The van der Waals surface area contributed by atoms with Gasteiger partial charge in [0.1, 0.15) is 11.6 Å².